The average molecular weight is 266 g/mol. The molecule has 0 unspecified atom stereocenters. The summed E-state index contributed by atoms with van der Waals surface area (Å²) in [5.74, 6) is -0.292. The van der Waals surface area contributed by atoms with Gasteiger partial charge in [0, 0.05) is 25.5 Å². The minimum Gasteiger partial charge on any atom is -0.397 e. The number of nitrogens with two attached hydrogens (primary N) is 1. The number of nitrogens with zero attached hydrogens (tertiary/aromatic N) is 3. The molecule has 0 aromatic carbocycles. The van der Waals surface area contributed by atoms with Gasteiger partial charge in [0.2, 0.25) is 0 Å². The fourth-order valence-corrected chi connectivity index (χ4v) is 1.63. The van der Waals surface area contributed by atoms with Gasteiger partial charge in [-0.2, -0.15) is 0 Å². The normalized spacial score (nSPS) is 10.3. The van der Waals surface area contributed by atoms with Gasteiger partial charge in [-0.15, -0.1) is 0 Å². The first-order chi connectivity index (χ1) is 8.66. The number of pyridine rings is 1. The smallest absolute Gasteiger partial charge is 0.254 e. The molecular formula is C11H12ClN5O. The van der Waals surface area contributed by atoms with Crippen LogP contribution in [0.4, 0.5) is 5.69 Å². The highest BCUT2D eigenvalue weighted by molar-refractivity contribution is 6.32. The van der Waals surface area contributed by atoms with Crippen LogP contribution in [0.5, 0.6) is 0 Å². The van der Waals surface area contributed by atoms with Crippen molar-refractivity contribution in [2.24, 2.45) is 0 Å². The number of imidazole rings is 1. The molecule has 0 radical (unpaired) electrons. The summed E-state index contributed by atoms with van der Waals surface area (Å²) in [7, 11) is 0. The largest absolute Gasteiger partial charge is 0.397 e. The maximum absolute atomic E-state index is 11.8. The van der Waals surface area contributed by atoms with E-state index in [9.17, 15) is 4.79 Å². The van der Waals surface area contributed by atoms with Crippen molar-refractivity contribution in [1.82, 2.24) is 19.9 Å². The number of anilines is 1. The summed E-state index contributed by atoms with van der Waals surface area (Å²) in [4.78, 5) is 19.6. The third-order valence-electron chi connectivity index (χ3n) is 2.32. The summed E-state index contributed by atoms with van der Waals surface area (Å²) in [5, 5.41) is 2.88. The number of carbonyl (C=O) groups is 1. The Morgan fingerprint density at radius 2 is 2.39 bits per heavy atom. The van der Waals surface area contributed by atoms with Crippen LogP contribution >= 0.6 is 11.6 Å². The summed E-state index contributed by atoms with van der Waals surface area (Å²) in [6.07, 6.45) is 6.59. The zero-order chi connectivity index (χ0) is 13.0. The SMILES string of the molecule is Nc1cnc(Cl)c(C(=O)NCCn2ccnc2)c1. The second-order valence-corrected chi connectivity index (χ2v) is 4.02. The van der Waals surface area contributed by atoms with E-state index in [-0.39, 0.29) is 16.6 Å². The number of nitrogens with one attached hydrogen (secondary N) is 1. The molecule has 0 aliphatic carbocycles. The van der Waals surface area contributed by atoms with E-state index in [0.717, 1.165) is 0 Å². The second-order valence-electron chi connectivity index (χ2n) is 3.66. The average Bonchev–Trinajstić information content (AvgIpc) is 2.85. The molecule has 18 heavy (non-hydrogen) atoms. The number of hydrogen-bond donors (Lipinski definition) is 2. The van der Waals surface area contributed by atoms with E-state index >= 15 is 0 Å². The predicted molar refractivity (Wildman–Crippen MR) is 68.2 cm³/mol. The topological polar surface area (TPSA) is 85.8 Å². The Labute approximate surface area is 109 Å². The number of halogens is 1. The Morgan fingerprint density at radius 1 is 1.56 bits per heavy atom. The number of hydrogen-bond acceptors (Lipinski definition) is 4. The number of rotatable bonds is 4. The summed E-state index contributed by atoms with van der Waals surface area (Å²) in [5.41, 5.74) is 6.24. The van der Waals surface area contributed by atoms with Crippen molar-refractivity contribution in [3.05, 3.63) is 41.7 Å². The van der Waals surface area contributed by atoms with E-state index in [1.165, 1.54) is 12.3 Å². The highest BCUT2D eigenvalue weighted by Crippen LogP contribution is 2.15. The first kappa shape index (κ1) is 12.4. The van der Waals surface area contributed by atoms with Gasteiger partial charge in [0.1, 0.15) is 5.15 Å². The Balaban J connectivity index is 1.93. The van der Waals surface area contributed by atoms with Crippen molar-refractivity contribution in [3.63, 3.8) is 0 Å². The fourth-order valence-electron chi connectivity index (χ4n) is 1.44. The molecule has 0 fully saturated rings. The monoisotopic (exact) mass is 265 g/mol. The van der Waals surface area contributed by atoms with Crippen molar-refractivity contribution in [2.45, 2.75) is 6.54 Å². The molecule has 7 heteroatoms. The lowest BCUT2D eigenvalue weighted by Gasteiger charge is -2.07. The van der Waals surface area contributed by atoms with Gasteiger partial charge < -0.3 is 15.6 Å². The van der Waals surface area contributed by atoms with Crippen LogP contribution in [0, 0.1) is 0 Å². The summed E-state index contributed by atoms with van der Waals surface area (Å²) in [6, 6.07) is 1.50. The van der Waals surface area contributed by atoms with Crippen LogP contribution in [0.2, 0.25) is 5.15 Å². The van der Waals surface area contributed by atoms with E-state index in [1.807, 2.05) is 10.8 Å². The van der Waals surface area contributed by atoms with Gasteiger partial charge in [0.25, 0.3) is 5.91 Å². The van der Waals surface area contributed by atoms with Crippen LogP contribution in [-0.2, 0) is 6.54 Å². The van der Waals surface area contributed by atoms with Crippen LogP contribution in [0.25, 0.3) is 0 Å². The lowest BCUT2D eigenvalue weighted by atomic mass is 10.2. The molecule has 0 saturated carbocycles. The highest BCUT2D eigenvalue weighted by atomic mass is 35.5. The van der Waals surface area contributed by atoms with E-state index in [1.54, 1.807) is 12.5 Å². The van der Waals surface area contributed by atoms with Gasteiger partial charge in [-0.1, -0.05) is 11.6 Å². The molecule has 2 rings (SSSR count). The summed E-state index contributed by atoms with van der Waals surface area (Å²) >= 11 is 5.83. The fraction of sp³-hybridized carbons (Fsp3) is 0.182. The van der Waals surface area contributed by atoms with Gasteiger partial charge in [-0.3, -0.25) is 4.79 Å². The van der Waals surface area contributed by atoms with Crippen LogP contribution in [-0.4, -0.2) is 27.0 Å². The molecule has 0 atom stereocenters. The van der Waals surface area contributed by atoms with Gasteiger partial charge in [-0.05, 0) is 6.07 Å². The quantitative estimate of drug-likeness (QED) is 0.806. The van der Waals surface area contributed by atoms with Crippen LogP contribution in [0.15, 0.2) is 31.0 Å². The van der Waals surface area contributed by atoms with Crippen molar-refractivity contribution in [1.29, 1.82) is 0 Å². The Kier molecular flexibility index (Phi) is 3.78. The van der Waals surface area contributed by atoms with Gasteiger partial charge >= 0.3 is 0 Å². The highest BCUT2D eigenvalue weighted by Gasteiger charge is 2.11. The Bertz CT molecular complexity index is 540. The molecule has 2 heterocycles. The zero-order valence-corrected chi connectivity index (χ0v) is 10.3. The molecule has 2 aromatic rings. The first-order valence-electron chi connectivity index (χ1n) is 5.32. The minimum atomic E-state index is -0.292. The molecule has 6 nitrogen and oxygen atoms in total. The van der Waals surface area contributed by atoms with Crippen molar-refractivity contribution in [3.8, 4) is 0 Å². The van der Waals surface area contributed by atoms with E-state index in [2.05, 4.69) is 15.3 Å². The molecule has 94 valence electrons. The number of aromatic nitrogens is 3. The van der Waals surface area contributed by atoms with Crippen LogP contribution in [0.1, 0.15) is 10.4 Å². The lowest BCUT2D eigenvalue weighted by molar-refractivity contribution is 0.0952. The van der Waals surface area contributed by atoms with E-state index in [4.69, 9.17) is 17.3 Å². The number of carbonyl (C=O) groups excluding carboxylic acids is 1. The third-order valence-corrected chi connectivity index (χ3v) is 2.62. The standard InChI is InChI=1S/C11H12ClN5O/c12-10-9(5-8(13)6-16-10)11(18)15-2-4-17-3-1-14-7-17/h1,3,5-7H,2,4,13H2,(H,15,18). The molecular weight excluding hydrogens is 254 g/mol. The molecule has 0 aliphatic rings. The van der Waals surface area contributed by atoms with Gasteiger partial charge in [-0.25, -0.2) is 9.97 Å². The number of amides is 1. The summed E-state index contributed by atoms with van der Waals surface area (Å²) in [6.45, 7) is 1.11. The van der Waals surface area contributed by atoms with Crippen LogP contribution in [0.3, 0.4) is 0 Å². The zero-order valence-electron chi connectivity index (χ0n) is 9.51. The molecule has 0 saturated heterocycles. The molecule has 0 aliphatic heterocycles. The maximum Gasteiger partial charge on any atom is 0.254 e. The Morgan fingerprint density at radius 3 is 3.11 bits per heavy atom. The first-order valence-corrected chi connectivity index (χ1v) is 5.69. The van der Waals surface area contributed by atoms with Gasteiger partial charge in [0.15, 0.2) is 0 Å². The molecule has 0 bridgehead atoms. The maximum atomic E-state index is 11.8. The minimum absolute atomic E-state index is 0.143. The summed E-state index contributed by atoms with van der Waals surface area (Å²) < 4.78 is 1.86. The van der Waals surface area contributed by atoms with E-state index in [0.29, 0.717) is 18.8 Å². The Hall–Kier alpha value is -2.08. The van der Waals surface area contributed by atoms with Crippen molar-refractivity contribution >= 4 is 23.2 Å². The van der Waals surface area contributed by atoms with Gasteiger partial charge in [0.05, 0.1) is 23.8 Å². The molecule has 0 spiro atoms. The lowest BCUT2D eigenvalue weighted by Crippen LogP contribution is -2.27. The molecule has 3 N–H and O–H groups in total. The molecule has 1 amide bonds. The third kappa shape index (κ3) is 2.98. The predicted octanol–water partition coefficient (Wildman–Crippen LogP) is 0.944. The van der Waals surface area contributed by atoms with Crippen LogP contribution < -0.4 is 11.1 Å². The van der Waals surface area contributed by atoms with Crippen molar-refractivity contribution in [2.75, 3.05) is 12.3 Å². The number of nitrogen functional groups attached to an aromatic ring is 1. The van der Waals surface area contributed by atoms with Crippen molar-refractivity contribution < 1.29 is 4.79 Å². The van der Waals surface area contributed by atoms with E-state index < -0.39 is 0 Å². The molecule has 2 aromatic heterocycles. The second kappa shape index (κ2) is 5.50.